The van der Waals surface area contributed by atoms with E-state index in [-0.39, 0.29) is 11.6 Å². The number of ether oxygens (including phenoxy) is 1. The third kappa shape index (κ3) is 4.09. The number of hydrogen-bond acceptors (Lipinski definition) is 3. The van der Waals surface area contributed by atoms with Crippen LogP contribution >= 0.6 is 15.9 Å². The highest BCUT2D eigenvalue weighted by Gasteiger charge is 2.24. The van der Waals surface area contributed by atoms with Gasteiger partial charge in [-0.2, -0.15) is 0 Å². The number of carbonyl (C=O) groups excluding carboxylic acids is 1. The zero-order valence-corrected chi connectivity index (χ0v) is 13.7. The summed E-state index contributed by atoms with van der Waals surface area (Å²) < 4.78 is 19.3. The van der Waals surface area contributed by atoms with Crippen molar-refractivity contribution in [2.45, 2.75) is 38.7 Å². The topological polar surface area (TPSA) is 55.6 Å². The fraction of sp³-hybridized carbons (Fsp3) is 0.533. The molecule has 2 N–H and O–H groups in total. The van der Waals surface area contributed by atoms with Gasteiger partial charge in [-0.15, -0.1) is 0 Å². The van der Waals surface area contributed by atoms with Crippen LogP contribution < -0.4 is 10.5 Å². The van der Waals surface area contributed by atoms with Gasteiger partial charge in [0.2, 0.25) is 0 Å². The zero-order valence-electron chi connectivity index (χ0n) is 12.1. The van der Waals surface area contributed by atoms with E-state index in [0.29, 0.717) is 10.2 Å². The fourth-order valence-electron chi connectivity index (χ4n) is 2.48. The zero-order chi connectivity index (χ0) is 15.4. The summed E-state index contributed by atoms with van der Waals surface area (Å²) in [6.45, 7) is 3.24. The van der Waals surface area contributed by atoms with E-state index in [9.17, 15) is 9.18 Å². The van der Waals surface area contributed by atoms with Crippen molar-refractivity contribution in [3.05, 3.63) is 22.4 Å². The number of halogens is 2. The van der Waals surface area contributed by atoms with Gasteiger partial charge in [0.1, 0.15) is 5.82 Å². The Bertz CT molecular complexity index is 493. The van der Waals surface area contributed by atoms with Crippen molar-refractivity contribution in [3.63, 3.8) is 0 Å². The standard InChI is InChI=1S/C15H20BrFN2O2/c1-10(15(20)19-6-4-2-3-5-7-19)21-14-12(16)8-11(17)9-13(14)18/h8-10H,2-7,18H2,1H3. The summed E-state index contributed by atoms with van der Waals surface area (Å²) in [5.41, 5.74) is 5.93. The van der Waals surface area contributed by atoms with E-state index < -0.39 is 11.9 Å². The molecule has 0 aliphatic carbocycles. The second kappa shape index (κ2) is 7.11. The molecule has 1 aliphatic heterocycles. The lowest BCUT2D eigenvalue weighted by molar-refractivity contribution is -0.137. The van der Waals surface area contributed by atoms with E-state index >= 15 is 0 Å². The molecule has 1 aliphatic rings. The lowest BCUT2D eigenvalue weighted by Gasteiger charge is -2.25. The summed E-state index contributed by atoms with van der Waals surface area (Å²) in [5, 5.41) is 0. The first-order valence-corrected chi connectivity index (χ1v) is 7.98. The lowest BCUT2D eigenvalue weighted by atomic mass is 10.2. The molecule has 0 bridgehead atoms. The van der Waals surface area contributed by atoms with Gasteiger partial charge in [0.05, 0.1) is 10.2 Å². The van der Waals surface area contributed by atoms with Crippen LogP contribution in [0.3, 0.4) is 0 Å². The van der Waals surface area contributed by atoms with Crippen LogP contribution in [0, 0.1) is 5.82 Å². The molecule has 1 amide bonds. The Hall–Kier alpha value is -1.30. The van der Waals surface area contributed by atoms with Crippen LogP contribution in [0.1, 0.15) is 32.6 Å². The first-order chi connectivity index (χ1) is 9.99. The number of rotatable bonds is 3. The summed E-state index contributed by atoms with van der Waals surface area (Å²) in [5.74, 6) is -0.183. The number of nitrogen functional groups attached to an aromatic ring is 1. The van der Waals surface area contributed by atoms with Crippen molar-refractivity contribution in [2.75, 3.05) is 18.8 Å². The predicted molar refractivity (Wildman–Crippen MR) is 83.7 cm³/mol. The molecule has 116 valence electrons. The van der Waals surface area contributed by atoms with Gasteiger partial charge in [0, 0.05) is 19.2 Å². The van der Waals surface area contributed by atoms with E-state index in [1.807, 2.05) is 4.90 Å². The Balaban J connectivity index is 2.06. The Morgan fingerprint density at radius 3 is 2.52 bits per heavy atom. The first-order valence-electron chi connectivity index (χ1n) is 7.19. The number of amides is 1. The maximum absolute atomic E-state index is 13.2. The molecule has 2 rings (SSSR count). The molecule has 1 aromatic rings. The van der Waals surface area contributed by atoms with Gasteiger partial charge in [-0.3, -0.25) is 4.79 Å². The van der Waals surface area contributed by atoms with Crippen molar-refractivity contribution in [1.29, 1.82) is 0 Å². The van der Waals surface area contributed by atoms with Gasteiger partial charge < -0.3 is 15.4 Å². The largest absolute Gasteiger partial charge is 0.478 e. The molecular weight excluding hydrogens is 339 g/mol. The number of nitrogens with two attached hydrogens (primary N) is 1. The third-order valence-electron chi connectivity index (χ3n) is 3.60. The minimum absolute atomic E-state index is 0.0486. The third-order valence-corrected chi connectivity index (χ3v) is 4.19. The van der Waals surface area contributed by atoms with Crippen LogP contribution in [0.5, 0.6) is 5.75 Å². The Morgan fingerprint density at radius 1 is 1.33 bits per heavy atom. The fourth-order valence-corrected chi connectivity index (χ4v) is 3.02. The molecule has 0 aromatic heterocycles. The van der Waals surface area contributed by atoms with Crippen molar-refractivity contribution in [2.24, 2.45) is 0 Å². The van der Waals surface area contributed by atoms with Crippen molar-refractivity contribution in [1.82, 2.24) is 4.90 Å². The molecule has 0 radical (unpaired) electrons. The number of benzene rings is 1. The van der Waals surface area contributed by atoms with Crippen molar-refractivity contribution >= 4 is 27.5 Å². The van der Waals surface area contributed by atoms with Crippen molar-refractivity contribution < 1.29 is 13.9 Å². The van der Waals surface area contributed by atoms with E-state index in [0.717, 1.165) is 38.8 Å². The Labute approximate surface area is 132 Å². The lowest BCUT2D eigenvalue weighted by Crippen LogP contribution is -2.41. The van der Waals surface area contributed by atoms with E-state index in [2.05, 4.69) is 15.9 Å². The van der Waals surface area contributed by atoms with Crippen LogP contribution in [0.2, 0.25) is 0 Å². The Morgan fingerprint density at radius 2 is 1.95 bits per heavy atom. The highest BCUT2D eigenvalue weighted by atomic mass is 79.9. The van der Waals surface area contributed by atoms with Gasteiger partial charge in [-0.25, -0.2) is 4.39 Å². The van der Waals surface area contributed by atoms with Gasteiger partial charge >= 0.3 is 0 Å². The summed E-state index contributed by atoms with van der Waals surface area (Å²) in [4.78, 5) is 14.3. The maximum Gasteiger partial charge on any atom is 0.263 e. The second-order valence-electron chi connectivity index (χ2n) is 5.31. The molecule has 1 unspecified atom stereocenters. The van der Waals surface area contributed by atoms with Crippen LogP contribution in [0.4, 0.5) is 10.1 Å². The first kappa shape index (κ1) is 16.1. The summed E-state index contributed by atoms with van der Waals surface area (Å²) in [6, 6.07) is 2.46. The molecule has 1 atom stereocenters. The van der Waals surface area contributed by atoms with Gasteiger partial charge in [-0.1, -0.05) is 12.8 Å². The molecule has 21 heavy (non-hydrogen) atoms. The highest BCUT2D eigenvalue weighted by molar-refractivity contribution is 9.10. The van der Waals surface area contributed by atoms with Crippen LogP contribution in [-0.4, -0.2) is 30.0 Å². The van der Waals surface area contributed by atoms with Crippen LogP contribution in [-0.2, 0) is 4.79 Å². The summed E-state index contributed by atoms with van der Waals surface area (Å²) in [7, 11) is 0. The smallest absolute Gasteiger partial charge is 0.263 e. The SMILES string of the molecule is CC(Oc1c(N)cc(F)cc1Br)C(=O)N1CCCCCC1. The molecule has 0 spiro atoms. The normalized spacial score (nSPS) is 17.2. The highest BCUT2D eigenvalue weighted by Crippen LogP contribution is 2.33. The molecule has 1 aromatic carbocycles. The van der Waals surface area contributed by atoms with Crippen LogP contribution in [0.15, 0.2) is 16.6 Å². The van der Waals surface area contributed by atoms with Gasteiger partial charge in [-0.05, 0) is 41.8 Å². The number of likely N-dealkylation sites (tertiary alicyclic amines) is 1. The summed E-state index contributed by atoms with van der Waals surface area (Å²) >= 11 is 3.21. The molecule has 1 saturated heterocycles. The molecule has 1 fully saturated rings. The predicted octanol–water partition coefficient (Wildman–Crippen LogP) is 3.34. The minimum Gasteiger partial charge on any atom is -0.478 e. The quantitative estimate of drug-likeness (QED) is 0.843. The van der Waals surface area contributed by atoms with Gasteiger partial charge in [0.15, 0.2) is 11.9 Å². The van der Waals surface area contributed by atoms with E-state index in [1.54, 1.807) is 6.92 Å². The summed E-state index contributed by atoms with van der Waals surface area (Å²) in [6.07, 6.45) is 3.74. The monoisotopic (exact) mass is 358 g/mol. The minimum atomic E-state index is -0.646. The molecule has 4 nitrogen and oxygen atoms in total. The average molecular weight is 359 g/mol. The maximum atomic E-state index is 13.2. The Kier molecular flexibility index (Phi) is 5.45. The molecule has 0 saturated carbocycles. The number of carbonyl (C=O) groups is 1. The van der Waals surface area contributed by atoms with E-state index in [4.69, 9.17) is 10.5 Å². The molecular formula is C15H20BrFN2O2. The number of nitrogens with zero attached hydrogens (tertiary/aromatic N) is 1. The van der Waals surface area contributed by atoms with Crippen molar-refractivity contribution in [3.8, 4) is 5.75 Å². The van der Waals surface area contributed by atoms with Gasteiger partial charge in [0.25, 0.3) is 5.91 Å². The average Bonchev–Trinajstić information content (AvgIpc) is 2.70. The molecule has 6 heteroatoms. The van der Waals surface area contributed by atoms with Crippen LogP contribution in [0.25, 0.3) is 0 Å². The second-order valence-corrected chi connectivity index (χ2v) is 6.16. The number of hydrogen-bond donors (Lipinski definition) is 1. The van der Waals surface area contributed by atoms with E-state index in [1.165, 1.54) is 12.1 Å². The molecule has 1 heterocycles. The number of anilines is 1.